The highest BCUT2D eigenvalue weighted by molar-refractivity contribution is 14.1. The summed E-state index contributed by atoms with van der Waals surface area (Å²) in [6.07, 6.45) is 0. The summed E-state index contributed by atoms with van der Waals surface area (Å²) < 4.78 is 12.7. The van der Waals surface area contributed by atoms with Crippen molar-refractivity contribution in [1.82, 2.24) is 4.98 Å². The first-order chi connectivity index (χ1) is 9.93. The first kappa shape index (κ1) is 16.5. The van der Waals surface area contributed by atoms with Crippen molar-refractivity contribution >= 4 is 44.5 Å². The van der Waals surface area contributed by atoms with Crippen LogP contribution in [0, 0.1) is 3.57 Å². The van der Waals surface area contributed by atoms with E-state index in [1.807, 2.05) is 32.0 Å². The molecule has 0 aliphatic carbocycles. The minimum Gasteiger partial charge on any atom is -0.460 e. The molecule has 1 aromatic heterocycles. The molecule has 0 atom stereocenters. The third-order valence-corrected chi connectivity index (χ3v) is 4.25. The molecule has 0 bridgehead atoms. The normalized spacial score (nSPS) is 11.0. The zero-order valence-corrected chi connectivity index (χ0v) is 15.7. The number of oxazole rings is 1. The summed E-state index contributed by atoms with van der Waals surface area (Å²) >= 11 is 5.65. The maximum absolute atomic E-state index is 12.0. The summed E-state index contributed by atoms with van der Waals surface area (Å²) in [5, 5.41) is 0. The van der Waals surface area contributed by atoms with Crippen molar-refractivity contribution in [2.75, 3.05) is 6.61 Å². The monoisotopic (exact) mass is 463 g/mol. The van der Waals surface area contributed by atoms with E-state index < -0.39 is 5.97 Å². The second-order valence-electron chi connectivity index (χ2n) is 4.73. The minimum atomic E-state index is -0.468. The molecule has 0 spiro atoms. The molecule has 112 valence electrons. The van der Waals surface area contributed by atoms with Crippen molar-refractivity contribution in [3.05, 3.63) is 37.7 Å². The SMILES string of the molecule is CCOC(=O)c1oc(-c2cc(Br)ccc2I)nc1C(C)C. The Morgan fingerprint density at radius 3 is 2.81 bits per heavy atom. The van der Waals surface area contributed by atoms with Gasteiger partial charge >= 0.3 is 5.97 Å². The van der Waals surface area contributed by atoms with E-state index >= 15 is 0 Å². The molecule has 1 heterocycles. The summed E-state index contributed by atoms with van der Waals surface area (Å²) in [5.41, 5.74) is 1.47. The smallest absolute Gasteiger partial charge is 0.376 e. The van der Waals surface area contributed by atoms with Crippen LogP contribution in [0.3, 0.4) is 0 Å². The van der Waals surface area contributed by atoms with Gasteiger partial charge < -0.3 is 9.15 Å². The Bertz CT molecular complexity index is 667. The average Bonchev–Trinajstić information content (AvgIpc) is 2.87. The molecule has 21 heavy (non-hydrogen) atoms. The van der Waals surface area contributed by atoms with Gasteiger partial charge in [-0.3, -0.25) is 0 Å². The fourth-order valence-corrected chi connectivity index (χ4v) is 2.77. The zero-order valence-electron chi connectivity index (χ0n) is 11.9. The Hall–Kier alpha value is -0.890. The van der Waals surface area contributed by atoms with Gasteiger partial charge in [0.05, 0.1) is 17.9 Å². The summed E-state index contributed by atoms with van der Waals surface area (Å²) in [6.45, 7) is 6.01. The van der Waals surface area contributed by atoms with E-state index in [0.29, 0.717) is 18.2 Å². The molecule has 6 heteroatoms. The quantitative estimate of drug-likeness (QED) is 0.472. The Balaban J connectivity index is 2.53. The third kappa shape index (κ3) is 3.66. The van der Waals surface area contributed by atoms with Crippen LogP contribution in [0.25, 0.3) is 11.5 Å². The third-order valence-electron chi connectivity index (χ3n) is 2.82. The average molecular weight is 464 g/mol. The number of benzene rings is 1. The van der Waals surface area contributed by atoms with Crippen LogP contribution in [0.1, 0.15) is 42.9 Å². The number of halogens is 2. The summed E-state index contributed by atoms with van der Waals surface area (Å²) in [4.78, 5) is 16.5. The van der Waals surface area contributed by atoms with E-state index in [4.69, 9.17) is 9.15 Å². The molecule has 0 saturated carbocycles. The minimum absolute atomic E-state index is 0.0757. The first-order valence-corrected chi connectivity index (χ1v) is 8.44. The molecule has 0 radical (unpaired) electrons. The number of rotatable bonds is 4. The zero-order chi connectivity index (χ0) is 15.6. The van der Waals surface area contributed by atoms with Crippen LogP contribution in [0.15, 0.2) is 27.1 Å². The van der Waals surface area contributed by atoms with Gasteiger partial charge in [0.2, 0.25) is 11.7 Å². The molecule has 0 unspecified atom stereocenters. The van der Waals surface area contributed by atoms with Crippen molar-refractivity contribution < 1.29 is 13.9 Å². The molecule has 0 amide bonds. The maximum Gasteiger partial charge on any atom is 0.376 e. The molecular formula is C15H15BrINO3. The number of hydrogen-bond acceptors (Lipinski definition) is 4. The number of esters is 1. The van der Waals surface area contributed by atoms with Crippen molar-refractivity contribution in [2.24, 2.45) is 0 Å². The highest BCUT2D eigenvalue weighted by Crippen LogP contribution is 2.31. The topological polar surface area (TPSA) is 52.3 Å². The molecule has 0 N–H and O–H groups in total. The summed E-state index contributed by atoms with van der Waals surface area (Å²) in [6, 6.07) is 5.83. The lowest BCUT2D eigenvalue weighted by Gasteiger charge is -2.02. The van der Waals surface area contributed by atoms with E-state index in [0.717, 1.165) is 13.6 Å². The van der Waals surface area contributed by atoms with Gasteiger partial charge in [0.15, 0.2) is 0 Å². The molecule has 4 nitrogen and oxygen atoms in total. The van der Waals surface area contributed by atoms with Gasteiger partial charge in [0.1, 0.15) is 0 Å². The number of nitrogens with zero attached hydrogens (tertiary/aromatic N) is 1. The lowest BCUT2D eigenvalue weighted by atomic mass is 10.1. The van der Waals surface area contributed by atoms with E-state index in [-0.39, 0.29) is 11.7 Å². The van der Waals surface area contributed by atoms with Gasteiger partial charge in [-0.2, -0.15) is 0 Å². The van der Waals surface area contributed by atoms with Crippen molar-refractivity contribution in [3.63, 3.8) is 0 Å². The molecule has 2 rings (SSSR count). The van der Waals surface area contributed by atoms with Crippen molar-refractivity contribution in [3.8, 4) is 11.5 Å². The molecule has 0 aliphatic heterocycles. The van der Waals surface area contributed by atoms with Gasteiger partial charge in [-0.15, -0.1) is 0 Å². The predicted molar refractivity (Wildman–Crippen MR) is 92.4 cm³/mol. The molecule has 0 saturated heterocycles. The van der Waals surface area contributed by atoms with Crippen LogP contribution in [0.5, 0.6) is 0 Å². The van der Waals surface area contributed by atoms with Crippen LogP contribution in [-0.4, -0.2) is 17.6 Å². The number of aromatic nitrogens is 1. The lowest BCUT2D eigenvalue weighted by Crippen LogP contribution is -2.07. The molecular weight excluding hydrogens is 449 g/mol. The number of hydrogen-bond donors (Lipinski definition) is 0. The van der Waals surface area contributed by atoms with Gasteiger partial charge in [0, 0.05) is 8.04 Å². The van der Waals surface area contributed by atoms with Gasteiger partial charge in [-0.05, 0) is 53.6 Å². The lowest BCUT2D eigenvalue weighted by molar-refractivity contribution is 0.0488. The summed E-state index contributed by atoms with van der Waals surface area (Å²) in [5.74, 6) is 0.238. The van der Waals surface area contributed by atoms with Crippen molar-refractivity contribution in [1.29, 1.82) is 0 Å². The molecule has 1 aromatic carbocycles. The molecule has 0 fully saturated rings. The Labute approximate surface area is 145 Å². The van der Waals surface area contributed by atoms with Gasteiger partial charge in [-0.25, -0.2) is 9.78 Å². The number of ether oxygens (including phenoxy) is 1. The largest absolute Gasteiger partial charge is 0.460 e. The fourth-order valence-electron chi connectivity index (χ4n) is 1.84. The highest BCUT2D eigenvalue weighted by atomic mass is 127. The van der Waals surface area contributed by atoms with E-state index in [2.05, 4.69) is 43.5 Å². The van der Waals surface area contributed by atoms with E-state index in [9.17, 15) is 4.79 Å². The van der Waals surface area contributed by atoms with Gasteiger partial charge in [-0.1, -0.05) is 29.8 Å². The second-order valence-corrected chi connectivity index (χ2v) is 6.81. The van der Waals surface area contributed by atoms with Crippen LogP contribution in [-0.2, 0) is 4.74 Å². The Morgan fingerprint density at radius 2 is 2.19 bits per heavy atom. The number of carbonyl (C=O) groups is 1. The molecule has 0 aliphatic rings. The Kier molecular flexibility index (Phi) is 5.43. The second kappa shape index (κ2) is 6.91. The number of carbonyl (C=O) groups excluding carboxylic acids is 1. The Morgan fingerprint density at radius 1 is 1.48 bits per heavy atom. The standard InChI is InChI=1S/C15H15BrINO3/c1-4-20-15(19)13-12(8(2)3)18-14(21-13)10-7-9(16)5-6-11(10)17/h5-8H,4H2,1-3H3. The van der Waals surface area contributed by atoms with Crippen LogP contribution < -0.4 is 0 Å². The molecule has 2 aromatic rings. The van der Waals surface area contributed by atoms with Crippen LogP contribution in [0.4, 0.5) is 0 Å². The first-order valence-electron chi connectivity index (χ1n) is 6.57. The highest BCUT2D eigenvalue weighted by Gasteiger charge is 2.24. The van der Waals surface area contributed by atoms with Gasteiger partial charge in [0.25, 0.3) is 0 Å². The fraction of sp³-hybridized carbons (Fsp3) is 0.333. The summed E-state index contributed by atoms with van der Waals surface area (Å²) in [7, 11) is 0. The van der Waals surface area contributed by atoms with E-state index in [1.165, 1.54) is 0 Å². The maximum atomic E-state index is 12.0. The van der Waals surface area contributed by atoms with Crippen LogP contribution >= 0.6 is 38.5 Å². The van der Waals surface area contributed by atoms with Crippen molar-refractivity contribution in [2.45, 2.75) is 26.7 Å². The van der Waals surface area contributed by atoms with E-state index in [1.54, 1.807) is 6.92 Å². The predicted octanol–water partition coefficient (Wildman–Crippen LogP) is 5.01. The van der Waals surface area contributed by atoms with Crippen LogP contribution in [0.2, 0.25) is 0 Å².